The van der Waals surface area contributed by atoms with Gasteiger partial charge in [-0.05, 0) is 62.8 Å². The topological polar surface area (TPSA) is 84.5 Å². The highest BCUT2D eigenvalue weighted by Gasteiger charge is 2.26. The summed E-state index contributed by atoms with van der Waals surface area (Å²) in [5.41, 5.74) is 1.01. The number of nitrogens with one attached hydrogen (secondary N) is 2. The van der Waals surface area contributed by atoms with E-state index in [1.54, 1.807) is 31.2 Å². The minimum atomic E-state index is -0.390. The largest absolute Gasteiger partial charge is 0.462 e. The van der Waals surface area contributed by atoms with E-state index in [0.717, 1.165) is 31.6 Å². The van der Waals surface area contributed by atoms with Crippen molar-refractivity contribution in [2.24, 2.45) is 11.8 Å². The van der Waals surface area contributed by atoms with Crippen LogP contribution >= 0.6 is 0 Å². The van der Waals surface area contributed by atoms with Crippen LogP contribution < -0.4 is 10.6 Å². The first kappa shape index (κ1) is 24.9. The van der Waals surface area contributed by atoms with E-state index in [0.29, 0.717) is 17.9 Å². The highest BCUT2D eigenvalue weighted by Crippen LogP contribution is 2.32. The Morgan fingerprint density at radius 3 is 2.26 bits per heavy atom. The predicted molar refractivity (Wildman–Crippen MR) is 123 cm³/mol. The Labute approximate surface area is 186 Å². The van der Waals surface area contributed by atoms with E-state index < -0.39 is 0 Å². The van der Waals surface area contributed by atoms with Crippen molar-refractivity contribution in [2.45, 2.75) is 78.1 Å². The quantitative estimate of drug-likeness (QED) is 0.357. The summed E-state index contributed by atoms with van der Waals surface area (Å²) in [5.74, 6) is 0.0885. The average molecular weight is 431 g/mol. The molecule has 1 fully saturated rings. The Morgan fingerprint density at radius 2 is 1.61 bits per heavy atom. The van der Waals surface area contributed by atoms with Crippen LogP contribution in [-0.2, 0) is 14.3 Å². The second-order valence-corrected chi connectivity index (χ2v) is 8.48. The molecule has 1 aliphatic rings. The molecule has 1 aromatic carbocycles. The molecule has 2 rings (SSSR count). The molecule has 2 N–H and O–H groups in total. The highest BCUT2D eigenvalue weighted by molar-refractivity contribution is 5.95. The first-order chi connectivity index (χ1) is 15.0. The maximum Gasteiger partial charge on any atom is 0.338 e. The Morgan fingerprint density at radius 1 is 0.935 bits per heavy atom. The van der Waals surface area contributed by atoms with Gasteiger partial charge in [0.2, 0.25) is 11.8 Å². The zero-order valence-electron chi connectivity index (χ0n) is 19.1. The molecule has 0 spiro atoms. The van der Waals surface area contributed by atoms with Crippen molar-refractivity contribution in [3.63, 3.8) is 0 Å². The van der Waals surface area contributed by atoms with Crippen LogP contribution in [-0.4, -0.2) is 30.9 Å². The van der Waals surface area contributed by atoms with Gasteiger partial charge in [0, 0.05) is 11.6 Å². The van der Waals surface area contributed by atoms with Crippen molar-refractivity contribution >= 4 is 23.5 Å². The number of benzene rings is 1. The normalized spacial score (nSPS) is 18.3. The standard InChI is InChI=1S/C25H38N2O4/c1-3-5-6-7-8-9-19-10-12-20(13-11-19)24(29)26-18-23(28)27-22-16-14-21(15-17-22)25(30)31-4-2/h14-17,19-20H,3-13,18H2,1-2H3,(H,26,29)(H,27,28). The van der Waals surface area contributed by atoms with E-state index in [1.165, 1.54) is 38.5 Å². The first-order valence-electron chi connectivity index (χ1n) is 11.9. The van der Waals surface area contributed by atoms with Gasteiger partial charge in [-0.15, -0.1) is 0 Å². The Bertz CT molecular complexity index is 694. The van der Waals surface area contributed by atoms with Gasteiger partial charge in [-0.2, -0.15) is 0 Å². The van der Waals surface area contributed by atoms with E-state index in [1.807, 2.05) is 0 Å². The lowest BCUT2D eigenvalue weighted by atomic mass is 9.79. The van der Waals surface area contributed by atoms with Crippen molar-refractivity contribution in [2.75, 3.05) is 18.5 Å². The van der Waals surface area contributed by atoms with Gasteiger partial charge in [0.05, 0.1) is 18.7 Å². The fourth-order valence-corrected chi connectivity index (χ4v) is 4.17. The van der Waals surface area contributed by atoms with Crippen LogP contribution in [0, 0.1) is 11.8 Å². The van der Waals surface area contributed by atoms with Gasteiger partial charge >= 0.3 is 5.97 Å². The number of unbranched alkanes of at least 4 members (excludes halogenated alkanes) is 4. The van der Waals surface area contributed by atoms with Gasteiger partial charge in [0.1, 0.15) is 0 Å². The van der Waals surface area contributed by atoms with Crippen LogP contribution in [0.15, 0.2) is 24.3 Å². The van der Waals surface area contributed by atoms with Crippen molar-refractivity contribution < 1.29 is 19.1 Å². The molecule has 0 unspecified atom stereocenters. The van der Waals surface area contributed by atoms with E-state index in [2.05, 4.69) is 17.6 Å². The third-order valence-corrected chi connectivity index (χ3v) is 6.04. The van der Waals surface area contributed by atoms with E-state index in [4.69, 9.17) is 4.74 Å². The summed E-state index contributed by atoms with van der Waals surface area (Å²) in [6, 6.07) is 6.51. The van der Waals surface area contributed by atoms with Crippen LogP contribution in [0.4, 0.5) is 5.69 Å². The lowest BCUT2D eigenvalue weighted by molar-refractivity contribution is -0.128. The molecule has 31 heavy (non-hydrogen) atoms. The molecule has 0 atom stereocenters. The lowest BCUT2D eigenvalue weighted by Gasteiger charge is -2.27. The van der Waals surface area contributed by atoms with Gasteiger partial charge < -0.3 is 15.4 Å². The fourth-order valence-electron chi connectivity index (χ4n) is 4.17. The van der Waals surface area contributed by atoms with Crippen molar-refractivity contribution in [3.05, 3.63) is 29.8 Å². The molecule has 2 amide bonds. The summed E-state index contributed by atoms with van der Waals surface area (Å²) in [6.45, 7) is 4.26. The van der Waals surface area contributed by atoms with Crippen LogP contribution in [0.2, 0.25) is 0 Å². The Kier molecular flexibility index (Phi) is 11.1. The SMILES string of the molecule is CCCCCCCC1CCC(C(=O)NCC(=O)Nc2ccc(C(=O)OCC)cc2)CC1. The number of ether oxygens (including phenoxy) is 1. The molecule has 0 aromatic heterocycles. The van der Waals surface area contributed by atoms with Gasteiger partial charge in [-0.3, -0.25) is 9.59 Å². The maximum atomic E-state index is 12.4. The van der Waals surface area contributed by atoms with Crippen molar-refractivity contribution in [3.8, 4) is 0 Å². The van der Waals surface area contributed by atoms with Crippen molar-refractivity contribution in [1.29, 1.82) is 0 Å². The smallest absolute Gasteiger partial charge is 0.338 e. The zero-order valence-corrected chi connectivity index (χ0v) is 19.1. The minimum Gasteiger partial charge on any atom is -0.462 e. The first-order valence-corrected chi connectivity index (χ1v) is 11.9. The average Bonchev–Trinajstić information content (AvgIpc) is 2.78. The Hall–Kier alpha value is -2.37. The van der Waals surface area contributed by atoms with Crippen LogP contribution in [0.1, 0.15) is 88.4 Å². The molecule has 6 nitrogen and oxygen atoms in total. The predicted octanol–water partition coefficient (Wildman–Crippen LogP) is 5.08. The van der Waals surface area contributed by atoms with E-state index >= 15 is 0 Å². The molecular formula is C25H38N2O4. The molecule has 6 heteroatoms. The lowest BCUT2D eigenvalue weighted by Crippen LogP contribution is -2.38. The monoisotopic (exact) mass is 430 g/mol. The molecule has 1 aromatic rings. The number of hydrogen-bond donors (Lipinski definition) is 2. The maximum absolute atomic E-state index is 12.4. The van der Waals surface area contributed by atoms with Gasteiger partial charge in [-0.25, -0.2) is 4.79 Å². The number of carbonyl (C=O) groups excluding carboxylic acids is 3. The molecule has 172 valence electrons. The summed E-state index contributed by atoms with van der Waals surface area (Å²) in [4.78, 5) is 36.2. The van der Waals surface area contributed by atoms with E-state index in [-0.39, 0.29) is 30.2 Å². The number of hydrogen-bond acceptors (Lipinski definition) is 4. The molecular weight excluding hydrogens is 392 g/mol. The number of anilines is 1. The third-order valence-electron chi connectivity index (χ3n) is 6.04. The summed E-state index contributed by atoms with van der Waals surface area (Å²) >= 11 is 0. The van der Waals surface area contributed by atoms with Crippen molar-refractivity contribution in [1.82, 2.24) is 5.32 Å². The zero-order chi connectivity index (χ0) is 22.5. The molecule has 0 bridgehead atoms. The van der Waals surface area contributed by atoms with Gasteiger partial charge in [0.25, 0.3) is 0 Å². The molecule has 1 saturated carbocycles. The number of amides is 2. The summed E-state index contributed by atoms with van der Waals surface area (Å²) in [7, 11) is 0. The molecule has 0 radical (unpaired) electrons. The number of esters is 1. The molecule has 0 aliphatic heterocycles. The summed E-state index contributed by atoms with van der Waals surface area (Å²) < 4.78 is 4.94. The molecule has 1 aliphatic carbocycles. The van der Waals surface area contributed by atoms with Gasteiger partial charge in [-0.1, -0.05) is 45.4 Å². The third kappa shape index (κ3) is 9.11. The number of carbonyl (C=O) groups is 3. The summed E-state index contributed by atoms with van der Waals surface area (Å²) in [6.07, 6.45) is 11.9. The minimum absolute atomic E-state index is 0.0193. The van der Waals surface area contributed by atoms with Gasteiger partial charge in [0.15, 0.2) is 0 Å². The van der Waals surface area contributed by atoms with Crippen LogP contribution in [0.3, 0.4) is 0 Å². The summed E-state index contributed by atoms with van der Waals surface area (Å²) in [5, 5.41) is 5.51. The van der Waals surface area contributed by atoms with Crippen LogP contribution in [0.25, 0.3) is 0 Å². The highest BCUT2D eigenvalue weighted by atomic mass is 16.5. The second-order valence-electron chi connectivity index (χ2n) is 8.48. The molecule has 0 heterocycles. The number of rotatable bonds is 12. The second kappa shape index (κ2) is 13.8. The van der Waals surface area contributed by atoms with E-state index in [9.17, 15) is 14.4 Å². The van der Waals surface area contributed by atoms with Crippen LogP contribution in [0.5, 0.6) is 0 Å². The Balaban J connectivity index is 1.64. The fraction of sp³-hybridized carbons (Fsp3) is 0.640. The molecule has 0 saturated heterocycles.